The summed E-state index contributed by atoms with van der Waals surface area (Å²) in [6, 6.07) is 6.16. The van der Waals surface area contributed by atoms with E-state index in [-0.39, 0.29) is 23.0 Å². The van der Waals surface area contributed by atoms with E-state index in [9.17, 15) is 21.6 Å². The lowest BCUT2D eigenvalue weighted by Crippen LogP contribution is -2.37. The minimum atomic E-state index is -3.58. The van der Waals surface area contributed by atoms with Gasteiger partial charge in [-0.25, -0.2) is 16.8 Å². The van der Waals surface area contributed by atoms with Gasteiger partial charge in [0.1, 0.15) is 5.84 Å². The fourth-order valence-electron chi connectivity index (χ4n) is 3.35. The zero-order valence-corrected chi connectivity index (χ0v) is 17.1. The van der Waals surface area contributed by atoms with Crippen molar-refractivity contribution in [3.8, 4) is 0 Å². The molecule has 1 N–H and O–H groups in total. The zero-order chi connectivity index (χ0) is 20.6. The second kappa shape index (κ2) is 7.39. The van der Waals surface area contributed by atoms with Crippen LogP contribution in [-0.4, -0.2) is 63.2 Å². The summed E-state index contributed by atoms with van der Waals surface area (Å²) in [4.78, 5) is 14.4. The summed E-state index contributed by atoms with van der Waals surface area (Å²) in [5, 5.41) is 2.70. The van der Waals surface area contributed by atoms with Gasteiger partial charge < -0.3 is 10.2 Å². The molecule has 0 aromatic heterocycles. The highest BCUT2D eigenvalue weighted by atomic mass is 32.2. The van der Waals surface area contributed by atoms with Crippen LogP contribution in [0.3, 0.4) is 0 Å². The Bertz CT molecular complexity index is 1150. The molecule has 1 saturated heterocycles. The Hall–Kier alpha value is -2.50. The molecular formula is C18H20N4O5S2. The van der Waals surface area contributed by atoms with Gasteiger partial charge in [0.2, 0.25) is 10.0 Å². The van der Waals surface area contributed by atoms with E-state index in [4.69, 9.17) is 0 Å². The van der Waals surface area contributed by atoms with Gasteiger partial charge in [-0.05, 0) is 43.2 Å². The Kier molecular flexibility index (Phi) is 5.05. The number of hydrogen-bond acceptors (Lipinski definition) is 6. The van der Waals surface area contributed by atoms with Crippen LogP contribution in [0.4, 0.5) is 5.69 Å². The SMILES string of the molecule is O=C(Nc1cccc(S(=O)(=O)N2CCCC2)c1)C1=CN2CCS(=O)(=O)N=C2C=C1. The maximum absolute atomic E-state index is 12.7. The van der Waals surface area contributed by atoms with Crippen LogP contribution in [0.1, 0.15) is 12.8 Å². The van der Waals surface area contributed by atoms with Crippen LogP contribution in [0.2, 0.25) is 0 Å². The minimum absolute atomic E-state index is 0.119. The molecule has 4 rings (SSSR count). The number of hydrogen-bond donors (Lipinski definition) is 1. The first-order chi connectivity index (χ1) is 13.7. The van der Waals surface area contributed by atoms with Crippen molar-refractivity contribution in [1.29, 1.82) is 0 Å². The topological polar surface area (TPSA) is 116 Å². The first-order valence-corrected chi connectivity index (χ1v) is 12.2. The average molecular weight is 437 g/mol. The van der Waals surface area contributed by atoms with Crippen molar-refractivity contribution < 1.29 is 21.6 Å². The molecule has 0 spiro atoms. The molecule has 1 aromatic carbocycles. The fourth-order valence-corrected chi connectivity index (χ4v) is 5.88. The van der Waals surface area contributed by atoms with E-state index in [0.29, 0.717) is 24.4 Å². The van der Waals surface area contributed by atoms with Crippen LogP contribution < -0.4 is 5.32 Å². The summed E-state index contributed by atoms with van der Waals surface area (Å²) in [6.07, 6.45) is 6.18. The van der Waals surface area contributed by atoms with E-state index < -0.39 is 26.0 Å². The quantitative estimate of drug-likeness (QED) is 0.750. The normalized spacial score (nSPS) is 21.3. The highest BCUT2D eigenvalue weighted by Gasteiger charge is 2.28. The summed E-state index contributed by atoms with van der Waals surface area (Å²) >= 11 is 0. The van der Waals surface area contributed by atoms with Crippen molar-refractivity contribution >= 4 is 37.5 Å². The van der Waals surface area contributed by atoms with E-state index in [1.165, 1.54) is 34.8 Å². The maximum Gasteiger partial charge on any atom is 0.257 e. The number of benzene rings is 1. The molecular weight excluding hydrogens is 416 g/mol. The number of anilines is 1. The van der Waals surface area contributed by atoms with Gasteiger partial charge in [0.25, 0.3) is 15.9 Å². The van der Waals surface area contributed by atoms with Gasteiger partial charge in [-0.2, -0.15) is 4.31 Å². The lowest BCUT2D eigenvalue weighted by atomic mass is 10.1. The number of nitrogens with zero attached hydrogens (tertiary/aromatic N) is 3. The third-order valence-electron chi connectivity index (χ3n) is 4.88. The Morgan fingerprint density at radius 2 is 1.86 bits per heavy atom. The van der Waals surface area contributed by atoms with Gasteiger partial charge >= 0.3 is 0 Å². The van der Waals surface area contributed by atoms with E-state index in [0.717, 1.165) is 12.8 Å². The molecule has 29 heavy (non-hydrogen) atoms. The molecule has 0 saturated carbocycles. The highest BCUT2D eigenvalue weighted by molar-refractivity contribution is 7.90. The van der Waals surface area contributed by atoms with Gasteiger partial charge in [0.15, 0.2) is 0 Å². The van der Waals surface area contributed by atoms with Crippen LogP contribution in [0.5, 0.6) is 0 Å². The van der Waals surface area contributed by atoms with E-state index >= 15 is 0 Å². The van der Waals surface area contributed by atoms with Gasteiger partial charge in [-0.1, -0.05) is 6.07 Å². The largest absolute Gasteiger partial charge is 0.330 e. The van der Waals surface area contributed by atoms with Gasteiger partial charge in [0, 0.05) is 31.5 Å². The first kappa shape index (κ1) is 19.8. The first-order valence-electron chi connectivity index (χ1n) is 9.15. The molecule has 0 bridgehead atoms. The Morgan fingerprint density at radius 1 is 1.10 bits per heavy atom. The molecule has 0 aliphatic carbocycles. The molecule has 0 atom stereocenters. The minimum Gasteiger partial charge on any atom is -0.330 e. The van der Waals surface area contributed by atoms with Crippen LogP contribution in [-0.2, 0) is 24.8 Å². The Morgan fingerprint density at radius 3 is 2.62 bits per heavy atom. The monoisotopic (exact) mass is 436 g/mol. The zero-order valence-electron chi connectivity index (χ0n) is 15.5. The van der Waals surface area contributed by atoms with Crippen LogP contribution in [0.15, 0.2) is 57.5 Å². The molecule has 11 heteroatoms. The number of amides is 1. The standard InChI is InChI=1S/C18H20N4O5S2/c23-18(14-6-7-17-20-28(24,25)11-10-21(17)13-14)19-15-4-3-5-16(12-15)29(26,27)22-8-1-2-9-22/h3-7,12-13H,1-2,8-11H2,(H,19,23). The van der Waals surface area contributed by atoms with Crippen molar-refractivity contribution in [2.75, 3.05) is 30.7 Å². The number of rotatable bonds is 4. The van der Waals surface area contributed by atoms with Gasteiger partial charge in [-0.3, -0.25) is 4.79 Å². The molecule has 154 valence electrons. The van der Waals surface area contributed by atoms with Crippen molar-refractivity contribution in [1.82, 2.24) is 9.21 Å². The third-order valence-corrected chi connectivity index (χ3v) is 7.94. The summed E-state index contributed by atoms with van der Waals surface area (Å²) in [7, 11) is -7.04. The second-order valence-corrected chi connectivity index (χ2v) is 10.6. The van der Waals surface area contributed by atoms with Crippen LogP contribution in [0.25, 0.3) is 0 Å². The summed E-state index contributed by atoms with van der Waals surface area (Å²) < 4.78 is 53.7. The predicted octanol–water partition coefficient (Wildman–Crippen LogP) is 0.907. The molecule has 1 amide bonds. The summed E-state index contributed by atoms with van der Waals surface area (Å²) in [5.41, 5.74) is 0.682. The second-order valence-electron chi connectivity index (χ2n) is 6.94. The smallest absolute Gasteiger partial charge is 0.257 e. The molecule has 0 radical (unpaired) electrons. The fraction of sp³-hybridized carbons (Fsp3) is 0.333. The van der Waals surface area contributed by atoms with Crippen LogP contribution >= 0.6 is 0 Å². The summed E-state index contributed by atoms with van der Waals surface area (Å²) in [5.74, 6) is -0.275. The van der Waals surface area contributed by atoms with Gasteiger partial charge in [-0.15, -0.1) is 4.40 Å². The molecule has 9 nitrogen and oxygen atoms in total. The Labute approximate surface area is 169 Å². The van der Waals surface area contributed by atoms with Crippen molar-refractivity contribution in [2.45, 2.75) is 17.7 Å². The molecule has 1 fully saturated rings. The van der Waals surface area contributed by atoms with Crippen molar-refractivity contribution in [2.24, 2.45) is 4.40 Å². The molecule has 3 heterocycles. The third kappa shape index (κ3) is 4.11. The predicted molar refractivity (Wildman–Crippen MR) is 108 cm³/mol. The van der Waals surface area contributed by atoms with Crippen molar-refractivity contribution in [3.63, 3.8) is 0 Å². The molecule has 3 aliphatic heterocycles. The number of amidine groups is 1. The number of fused-ring (bicyclic) bond motifs is 1. The van der Waals surface area contributed by atoms with Crippen molar-refractivity contribution in [3.05, 3.63) is 48.2 Å². The number of carbonyl (C=O) groups excluding carboxylic acids is 1. The van der Waals surface area contributed by atoms with E-state index in [2.05, 4.69) is 9.71 Å². The van der Waals surface area contributed by atoms with E-state index in [1.54, 1.807) is 17.0 Å². The lowest BCUT2D eigenvalue weighted by Gasteiger charge is -2.27. The number of nitrogens with one attached hydrogen (secondary N) is 1. The lowest BCUT2D eigenvalue weighted by molar-refractivity contribution is -0.112. The molecule has 1 aromatic rings. The van der Waals surface area contributed by atoms with Crippen LogP contribution in [0, 0.1) is 0 Å². The van der Waals surface area contributed by atoms with Gasteiger partial charge in [0.05, 0.1) is 16.2 Å². The highest BCUT2D eigenvalue weighted by Crippen LogP contribution is 2.24. The maximum atomic E-state index is 12.7. The number of sulfonamides is 2. The summed E-state index contributed by atoms with van der Waals surface area (Å²) in [6.45, 7) is 1.23. The number of carbonyl (C=O) groups is 1. The Balaban J connectivity index is 1.51. The van der Waals surface area contributed by atoms with E-state index in [1.807, 2.05) is 0 Å². The molecule has 3 aliphatic rings. The molecule has 0 unspecified atom stereocenters. The average Bonchev–Trinajstić information content (AvgIpc) is 3.23.